The zero-order valence-electron chi connectivity index (χ0n) is 16.2. The SMILES string of the molecule is Cc1csc(CN2CN(C3CCNCC3)Cc3sc(-c4ccccc4)cc32)n1. The summed E-state index contributed by atoms with van der Waals surface area (Å²) in [4.78, 5) is 12.8. The number of aryl methyl sites for hydroxylation is 1. The number of rotatable bonds is 4. The van der Waals surface area contributed by atoms with Crippen molar-refractivity contribution in [2.24, 2.45) is 0 Å². The normalized spacial score (nSPS) is 18.4. The number of nitrogens with one attached hydrogen (secondary N) is 1. The zero-order valence-corrected chi connectivity index (χ0v) is 17.9. The Hall–Kier alpha value is -1.73. The second kappa shape index (κ2) is 7.95. The molecule has 0 atom stereocenters. The zero-order chi connectivity index (χ0) is 18.9. The first kappa shape index (κ1) is 18.3. The van der Waals surface area contributed by atoms with Gasteiger partial charge in [-0.15, -0.1) is 22.7 Å². The van der Waals surface area contributed by atoms with E-state index in [1.54, 1.807) is 11.3 Å². The first-order chi connectivity index (χ1) is 13.8. The van der Waals surface area contributed by atoms with Crippen LogP contribution in [0.5, 0.6) is 0 Å². The molecule has 0 spiro atoms. The van der Waals surface area contributed by atoms with E-state index < -0.39 is 0 Å². The van der Waals surface area contributed by atoms with E-state index in [-0.39, 0.29) is 0 Å². The number of fused-ring (bicyclic) bond motifs is 1. The topological polar surface area (TPSA) is 31.4 Å². The van der Waals surface area contributed by atoms with Gasteiger partial charge in [-0.25, -0.2) is 4.98 Å². The van der Waals surface area contributed by atoms with Gasteiger partial charge < -0.3 is 10.2 Å². The van der Waals surface area contributed by atoms with Crippen LogP contribution < -0.4 is 10.2 Å². The van der Waals surface area contributed by atoms with Crippen LogP contribution in [0, 0.1) is 6.92 Å². The van der Waals surface area contributed by atoms with Crippen LogP contribution in [0.15, 0.2) is 41.8 Å². The van der Waals surface area contributed by atoms with E-state index in [1.807, 2.05) is 11.3 Å². The Balaban J connectivity index is 1.47. The van der Waals surface area contributed by atoms with Gasteiger partial charge in [-0.2, -0.15) is 0 Å². The third-order valence-electron chi connectivity index (χ3n) is 5.70. The highest BCUT2D eigenvalue weighted by Crippen LogP contribution is 2.41. The van der Waals surface area contributed by atoms with Gasteiger partial charge in [0.05, 0.1) is 18.9 Å². The molecule has 2 aliphatic heterocycles. The fourth-order valence-corrected chi connectivity index (χ4v) is 6.26. The van der Waals surface area contributed by atoms with Crippen LogP contribution in [0.4, 0.5) is 5.69 Å². The maximum atomic E-state index is 4.73. The van der Waals surface area contributed by atoms with Crippen molar-refractivity contribution in [2.75, 3.05) is 24.7 Å². The molecule has 0 aliphatic carbocycles. The molecule has 4 heterocycles. The highest BCUT2D eigenvalue weighted by molar-refractivity contribution is 7.16. The molecule has 0 saturated carbocycles. The predicted octanol–water partition coefficient (Wildman–Crippen LogP) is 4.71. The Kier molecular flexibility index (Phi) is 5.20. The van der Waals surface area contributed by atoms with E-state index >= 15 is 0 Å². The van der Waals surface area contributed by atoms with E-state index in [0.29, 0.717) is 6.04 Å². The van der Waals surface area contributed by atoms with Gasteiger partial charge in [-0.1, -0.05) is 30.3 Å². The van der Waals surface area contributed by atoms with E-state index in [0.717, 1.165) is 38.5 Å². The van der Waals surface area contributed by atoms with Crippen molar-refractivity contribution in [3.63, 3.8) is 0 Å². The standard InChI is InChI=1S/C22H26N4S2/c1-16-14-27-22(24-16)13-26-15-25(18-7-9-23-10-8-18)12-21-19(26)11-20(28-21)17-5-3-2-4-6-17/h2-6,11,14,18,23H,7-10,12-13,15H2,1H3. The highest BCUT2D eigenvalue weighted by atomic mass is 32.1. The molecule has 4 nitrogen and oxygen atoms in total. The fraction of sp³-hybridized carbons (Fsp3) is 0.409. The number of anilines is 1. The number of thiophene rings is 1. The minimum absolute atomic E-state index is 0.678. The summed E-state index contributed by atoms with van der Waals surface area (Å²) < 4.78 is 0. The predicted molar refractivity (Wildman–Crippen MR) is 119 cm³/mol. The van der Waals surface area contributed by atoms with Gasteiger partial charge in [0.25, 0.3) is 0 Å². The van der Waals surface area contributed by atoms with Gasteiger partial charge in [0, 0.05) is 33.4 Å². The lowest BCUT2D eigenvalue weighted by Gasteiger charge is -2.42. The summed E-state index contributed by atoms with van der Waals surface area (Å²) in [7, 11) is 0. The Morgan fingerprint density at radius 1 is 1.18 bits per heavy atom. The van der Waals surface area contributed by atoms with Crippen LogP contribution in [-0.2, 0) is 13.1 Å². The minimum atomic E-state index is 0.678. The lowest BCUT2D eigenvalue weighted by molar-refractivity contribution is 0.147. The number of benzene rings is 1. The Bertz CT molecular complexity index is 927. The van der Waals surface area contributed by atoms with Crippen LogP contribution in [0.25, 0.3) is 10.4 Å². The fourth-order valence-electron chi connectivity index (χ4n) is 4.26. The molecule has 1 fully saturated rings. The van der Waals surface area contributed by atoms with Crippen LogP contribution in [0.1, 0.15) is 28.4 Å². The first-order valence-corrected chi connectivity index (χ1v) is 11.7. The smallest absolute Gasteiger partial charge is 0.112 e. The van der Waals surface area contributed by atoms with E-state index in [1.165, 1.54) is 38.9 Å². The number of hydrogen-bond acceptors (Lipinski definition) is 6. The average Bonchev–Trinajstić information content (AvgIpc) is 3.35. The average molecular weight is 411 g/mol. The Morgan fingerprint density at radius 3 is 2.75 bits per heavy atom. The molecule has 1 aromatic carbocycles. The molecule has 6 heteroatoms. The highest BCUT2D eigenvalue weighted by Gasteiger charge is 2.30. The van der Waals surface area contributed by atoms with Gasteiger partial charge >= 0.3 is 0 Å². The molecule has 28 heavy (non-hydrogen) atoms. The summed E-state index contributed by atoms with van der Waals surface area (Å²) in [5.74, 6) is 0. The number of nitrogens with zero attached hydrogens (tertiary/aromatic N) is 3. The van der Waals surface area contributed by atoms with Crippen molar-refractivity contribution in [2.45, 2.75) is 38.9 Å². The van der Waals surface area contributed by atoms with Crippen molar-refractivity contribution in [3.05, 3.63) is 57.4 Å². The minimum Gasteiger partial charge on any atom is -0.351 e. The molecule has 2 aliphatic rings. The van der Waals surface area contributed by atoms with E-state index in [4.69, 9.17) is 4.98 Å². The number of piperidine rings is 1. The first-order valence-electron chi connectivity index (χ1n) is 10.0. The summed E-state index contributed by atoms with van der Waals surface area (Å²) in [6.07, 6.45) is 2.49. The molecule has 0 unspecified atom stereocenters. The molecule has 2 aromatic heterocycles. The van der Waals surface area contributed by atoms with Gasteiger partial charge in [-0.05, 0) is 44.5 Å². The van der Waals surface area contributed by atoms with Crippen molar-refractivity contribution in [1.29, 1.82) is 0 Å². The van der Waals surface area contributed by atoms with Crippen LogP contribution in [0.2, 0.25) is 0 Å². The van der Waals surface area contributed by atoms with Crippen molar-refractivity contribution >= 4 is 28.4 Å². The molecule has 5 rings (SSSR count). The maximum Gasteiger partial charge on any atom is 0.112 e. The molecule has 0 radical (unpaired) electrons. The summed E-state index contributed by atoms with van der Waals surface area (Å²) in [6.45, 7) is 7.34. The van der Waals surface area contributed by atoms with Gasteiger partial charge in [0.1, 0.15) is 5.01 Å². The van der Waals surface area contributed by atoms with E-state index in [9.17, 15) is 0 Å². The summed E-state index contributed by atoms with van der Waals surface area (Å²) >= 11 is 3.74. The summed E-state index contributed by atoms with van der Waals surface area (Å²) in [6, 6.07) is 13.9. The van der Waals surface area contributed by atoms with Crippen LogP contribution in [-0.4, -0.2) is 35.7 Å². The van der Waals surface area contributed by atoms with Crippen LogP contribution in [0.3, 0.4) is 0 Å². The quantitative estimate of drug-likeness (QED) is 0.675. The third-order valence-corrected chi connectivity index (χ3v) is 7.81. The molecule has 0 amide bonds. The van der Waals surface area contributed by atoms with Gasteiger partial charge in [0.15, 0.2) is 0 Å². The summed E-state index contributed by atoms with van der Waals surface area (Å²) in [5, 5.41) is 6.88. The molecule has 1 N–H and O–H groups in total. The van der Waals surface area contributed by atoms with Crippen LogP contribution >= 0.6 is 22.7 Å². The molecular formula is C22H26N4S2. The lowest BCUT2D eigenvalue weighted by Crippen LogP contribution is -2.49. The second-order valence-electron chi connectivity index (χ2n) is 7.74. The number of aromatic nitrogens is 1. The second-order valence-corrected chi connectivity index (χ2v) is 9.81. The monoisotopic (exact) mass is 410 g/mol. The van der Waals surface area contributed by atoms with E-state index in [2.05, 4.69) is 63.8 Å². The van der Waals surface area contributed by atoms with Gasteiger partial charge in [0.2, 0.25) is 0 Å². The van der Waals surface area contributed by atoms with Crippen molar-refractivity contribution in [1.82, 2.24) is 15.2 Å². The third kappa shape index (κ3) is 3.74. The number of hydrogen-bond donors (Lipinski definition) is 1. The Morgan fingerprint density at radius 2 is 2.00 bits per heavy atom. The van der Waals surface area contributed by atoms with Crippen molar-refractivity contribution in [3.8, 4) is 10.4 Å². The maximum absolute atomic E-state index is 4.73. The molecule has 3 aromatic rings. The molecular weight excluding hydrogens is 384 g/mol. The molecule has 0 bridgehead atoms. The van der Waals surface area contributed by atoms with Crippen molar-refractivity contribution < 1.29 is 0 Å². The Labute approximate surface area is 174 Å². The number of thiazole rings is 1. The lowest BCUT2D eigenvalue weighted by atomic mass is 10.0. The largest absolute Gasteiger partial charge is 0.351 e. The molecule has 1 saturated heterocycles. The van der Waals surface area contributed by atoms with Gasteiger partial charge in [-0.3, -0.25) is 4.90 Å². The summed E-state index contributed by atoms with van der Waals surface area (Å²) in [5.41, 5.74) is 3.85. The molecule has 146 valence electrons.